The van der Waals surface area contributed by atoms with Gasteiger partial charge in [-0.3, -0.25) is 5.01 Å². The van der Waals surface area contributed by atoms with Crippen molar-refractivity contribution in [3.05, 3.63) is 58.6 Å². The molecule has 0 atom stereocenters. The fourth-order valence-electron chi connectivity index (χ4n) is 1.76. The van der Waals surface area contributed by atoms with E-state index in [2.05, 4.69) is 9.97 Å². The molecule has 0 saturated heterocycles. The monoisotopic (exact) mass is 355 g/mol. The SMILES string of the molecule is Cc1nc(OC/C(N)=C/N(N)c2cccc(C(F)F)c2)ncc1Cl. The maximum Gasteiger partial charge on any atom is 0.317 e. The molecule has 0 bridgehead atoms. The average molecular weight is 356 g/mol. The van der Waals surface area contributed by atoms with Crippen molar-refractivity contribution in [3.63, 3.8) is 0 Å². The van der Waals surface area contributed by atoms with Crippen molar-refractivity contribution in [2.45, 2.75) is 13.3 Å². The van der Waals surface area contributed by atoms with Gasteiger partial charge in [0.05, 0.1) is 28.3 Å². The lowest BCUT2D eigenvalue weighted by Crippen LogP contribution is -2.27. The summed E-state index contributed by atoms with van der Waals surface area (Å²) in [5, 5.41) is 1.57. The molecule has 9 heteroatoms. The molecule has 24 heavy (non-hydrogen) atoms. The van der Waals surface area contributed by atoms with Crippen LogP contribution < -0.4 is 21.3 Å². The molecule has 0 saturated carbocycles. The van der Waals surface area contributed by atoms with Crippen molar-refractivity contribution in [1.29, 1.82) is 0 Å². The van der Waals surface area contributed by atoms with E-state index in [-0.39, 0.29) is 23.9 Å². The molecule has 128 valence electrons. The third-order valence-electron chi connectivity index (χ3n) is 2.99. The van der Waals surface area contributed by atoms with Crippen molar-refractivity contribution in [3.8, 4) is 6.01 Å². The van der Waals surface area contributed by atoms with Gasteiger partial charge in [0.25, 0.3) is 6.43 Å². The van der Waals surface area contributed by atoms with Crippen molar-refractivity contribution in [1.82, 2.24) is 9.97 Å². The highest BCUT2D eigenvalue weighted by Crippen LogP contribution is 2.23. The predicted octanol–water partition coefficient (Wildman–Crippen LogP) is 2.94. The second-order valence-electron chi connectivity index (χ2n) is 4.88. The normalized spacial score (nSPS) is 11.7. The fourth-order valence-corrected chi connectivity index (χ4v) is 1.85. The Labute approximate surface area is 142 Å². The first-order valence-corrected chi connectivity index (χ1v) is 7.24. The second kappa shape index (κ2) is 7.89. The Morgan fingerprint density at radius 3 is 2.88 bits per heavy atom. The van der Waals surface area contributed by atoms with Gasteiger partial charge in [-0.05, 0) is 19.1 Å². The smallest absolute Gasteiger partial charge is 0.317 e. The largest absolute Gasteiger partial charge is 0.457 e. The van der Waals surface area contributed by atoms with Gasteiger partial charge in [-0.2, -0.15) is 4.98 Å². The molecule has 2 aromatic rings. The van der Waals surface area contributed by atoms with Gasteiger partial charge in [-0.25, -0.2) is 19.6 Å². The number of alkyl halides is 2. The highest BCUT2D eigenvalue weighted by Gasteiger charge is 2.09. The summed E-state index contributed by atoms with van der Waals surface area (Å²) in [5.41, 5.74) is 6.89. The predicted molar refractivity (Wildman–Crippen MR) is 87.6 cm³/mol. The number of anilines is 1. The number of nitrogens with zero attached hydrogens (tertiary/aromatic N) is 3. The first kappa shape index (κ1) is 17.9. The molecule has 1 aromatic carbocycles. The lowest BCUT2D eigenvalue weighted by Gasteiger charge is -2.16. The third kappa shape index (κ3) is 4.77. The zero-order valence-corrected chi connectivity index (χ0v) is 13.5. The average Bonchev–Trinajstić information content (AvgIpc) is 2.56. The zero-order chi connectivity index (χ0) is 17.7. The van der Waals surface area contributed by atoms with Crippen LogP contribution in [0.5, 0.6) is 6.01 Å². The standard InChI is InChI=1S/C15H16ClF2N5O/c1-9-13(16)6-21-15(22-9)24-8-11(19)7-23(20)12-4-2-3-10(5-12)14(17)18/h2-7,14H,8,19-20H2,1H3/b11-7-. The van der Waals surface area contributed by atoms with E-state index >= 15 is 0 Å². The lowest BCUT2D eigenvalue weighted by atomic mass is 10.2. The van der Waals surface area contributed by atoms with Gasteiger partial charge < -0.3 is 10.5 Å². The number of rotatable bonds is 6. The molecular weight excluding hydrogens is 340 g/mol. The van der Waals surface area contributed by atoms with E-state index < -0.39 is 6.43 Å². The number of hydrogen-bond acceptors (Lipinski definition) is 6. The van der Waals surface area contributed by atoms with E-state index in [1.807, 2.05) is 0 Å². The topological polar surface area (TPSA) is 90.3 Å². The summed E-state index contributed by atoms with van der Waals surface area (Å²) in [6.45, 7) is 1.69. The van der Waals surface area contributed by atoms with Crippen LogP contribution in [-0.2, 0) is 0 Å². The van der Waals surface area contributed by atoms with Crippen LogP contribution in [-0.4, -0.2) is 16.6 Å². The number of nitrogens with two attached hydrogens (primary N) is 2. The molecule has 0 radical (unpaired) electrons. The summed E-state index contributed by atoms with van der Waals surface area (Å²) in [6, 6.07) is 5.79. The number of ether oxygens (including phenoxy) is 1. The Morgan fingerprint density at radius 2 is 2.21 bits per heavy atom. The molecule has 0 unspecified atom stereocenters. The zero-order valence-electron chi connectivity index (χ0n) is 12.8. The van der Waals surface area contributed by atoms with Gasteiger partial charge in [0.1, 0.15) is 6.61 Å². The summed E-state index contributed by atoms with van der Waals surface area (Å²) in [6.07, 6.45) is 0.214. The van der Waals surface area contributed by atoms with E-state index in [4.69, 9.17) is 27.9 Å². The quantitative estimate of drug-likeness (QED) is 0.611. The van der Waals surface area contributed by atoms with Crippen molar-refractivity contribution >= 4 is 17.3 Å². The first-order chi connectivity index (χ1) is 11.4. The molecule has 0 aliphatic heterocycles. The number of halogens is 3. The molecule has 0 aliphatic carbocycles. The van der Waals surface area contributed by atoms with E-state index in [0.717, 1.165) is 5.01 Å². The number of hydrazine groups is 1. The minimum absolute atomic E-state index is 0.0245. The Hall–Kier alpha value is -2.45. The molecule has 0 spiro atoms. The first-order valence-electron chi connectivity index (χ1n) is 6.87. The Balaban J connectivity index is 2.01. The Morgan fingerprint density at radius 1 is 1.46 bits per heavy atom. The number of aromatic nitrogens is 2. The van der Waals surface area contributed by atoms with Gasteiger partial charge in [-0.1, -0.05) is 23.7 Å². The fraction of sp³-hybridized carbons (Fsp3) is 0.200. The van der Waals surface area contributed by atoms with Gasteiger partial charge in [0.2, 0.25) is 0 Å². The van der Waals surface area contributed by atoms with E-state index in [1.54, 1.807) is 13.0 Å². The number of benzene rings is 1. The molecule has 0 fully saturated rings. The lowest BCUT2D eigenvalue weighted by molar-refractivity contribution is 0.151. The number of hydrogen-bond donors (Lipinski definition) is 2. The van der Waals surface area contributed by atoms with Crippen molar-refractivity contribution in [2.75, 3.05) is 11.6 Å². The molecule has 6 nitrogen and oxygen atoms in total. The summed E-state index contributed by atoms with van der Waals surface area (Å²) in [4.78, 5) is 7.94. The van der Waals surface area contributed by atoms with Gasteiger partial charge >= 0.3 is 6.01 Å². The molecule has 0 aliphatic rings. The molecule has 0 amide bonds. The van der Waals surface area contributed by atoms with E-state index in [1.165, 1.54) is 30.6 Å². The highest BCUT2D eigenvalue weighted by molar-refractivity contribution is 6.31. The summed E-state index contributed by atoms with van der Waals surface area (Å²) in [5.74, 6) is 5.81. The van der Waals surface area contributed by atoms with E-state index in [9.17, 15) is 8.78 Å². The van der Waals surface area contributed by atoms with Gasteiger partial charge in [0, 0.05) is 11.8 Å². The molecular formula is C15H16ClF2N5O. The van der Waals surface area contributed by atoms with Crippen LogP contribution in [0.1, 0.15) is 17.7 Å². The molecule has 1 aromatic heterocycles. The maximum absolute atomic E-state index is 12.7. The summed E-state index contributed by atoms with van der Waals surface area (Å²) in [7, 11) is 0. The Kier molecular flexibility index (Phi) is 5.88. The number of aryl methyl sites for hydroxylation is 1. The second-order valence-corrected chi connectivity index (χ2v) is 5.29. The maximum atomic E-state index is 12.7. The van der Waals surface area contributed by atoms with Crippen LogP contribution in [0.15, 0.2) is 42.4 Å². The minimum Gasteiger partial charge on any atom is -0.457 e. The van der Waals surface area contributed by atoms with Crippen LogP contribution in [0.4, 0.5) is 14.5 Å². The summed E-state index contributed by atoms with van der Waals surface area (Å²) < 4.78 is 30.7. The van der Waals surface area contributed by atoms with Crippen LogP contribution in [0.3, 0.4) is 0 Å². The van der Waals surface area contributed by atoms with Crippen LogP contribution in [0.25, 0.3) is 0 Å². The van der Waals surface area contributed by atoms with Crippen LogP contribution in [0, 0.1) is 6.92 Å². The minimum atomic E-state index is -2.58. The Bertz CT molecular complexity index is 742. The highest BCUT2D eigenvalue weighted by atomic mass is 35.5. The van der Waals surface area contributed by atoms with Gasteiger partial charge in [-0.15, -0.1) is 0 Å². The third-order valence-corrected chi connectivity index (χ3v) is 3.36. The van der Waals surface area contributed by atoms with Crippen LogP contribution in [0.2, 0.25) is 5.02 Å². The van der Waals surface area contributed by atoms with E-state index in [0.29, 0.717) is 16.4 Å². The molecule has 1 heterocycles. The summed E-state index contributed by atoms with van der Waals surface area (Å²) >= 11 is 5.82. The van der Waals surface area contributed by atoms with Crippen molar-refractivity contribution in [2.24, 2.45) is 11.6 Å². The van der Waals surface area contributed by atoms with Gasteiger partial charge in [0.15, 0.2) is 0 Å². The molecule has 2 rings (SSSR count). The van der Waals surface area contributed by atoms with Crippen LogP contribution >= 0.6 is 11.6 Å². The molecule has 4 N–H and O–H groups in total. The van der Waals surface area contributed by atoms with Crippen molar-refractivity contribution < 1.29 is 13.5 Å².